The van der Waals surface area contributed by atoms with E-state index in [-0.39, 0.29) is 0 Å². The van der Waals surface area contributed by atoms with Crippen LogP contribution >= 0.6 is 0 Å². The van der Waals surface area contributed by atoms with Crippen molar-refractivity contribution in [2.45, 2.75) is 0 Å². The minimum atomic E-state index is 0.872. The van der Waals surface area contributed by atoms with E-state index in [1.54, 1.807) is 0 Å². The van der Waals surface area contributed by atoms with Gasteiger partial charge in [-0.1, -0.05) is 91.0 Å². The van der Waals surface area contributed by atoms with E-state index in [2.05, 4.69) is 155 Å². The van der Waals surface area contributed by atoms with Crippen LogP contribution < -0.4 is 4.90 Å². The molecule has 0 aliphatic carbocycles. The van der Waals surface area contributed by atoms with Crippen LogP contribution in [-0.4, -0.2) is 4.57 Å². The van der Waals surface area contributed by atoms with Gasteiger partial charge in [0, 0.05) is 60.5 Å². The second kappa shape index (κ2) is 10.4. The van der Waals surface area contributed by atoms with Crippen LogP contribution in [0.15, 0.2) is 179 Å². The molecule has 0 amide bonds. The van der Waals surface area contributed by atoms with Crippen molar-refractivity contribution in [3.63, 3.8) is 0 Å². The van der Waals surface area contributed by atoms with E-state index in [0.717, 1.165) is 82.9 Å². The number of aromatic nitrogens is 1. The summed E-state index contributed by atoms with van der Waals surface area (Å²) in [5.74, 6) is 0. The molecule has 8 aromatic carbocycles. The van der Waals surface area contributed by atoms with Crippen molar-refractivity contribution in [1.82, 2.24) is 4.57 Å². The van der Waals surface area contributed by atoms with Crippen molar-refractivity contribution in [1.29, 1.82) is 0 Å². The second-order valence-corrected chi connectivity index (χ2v) is 12.9. The minimum absolute atomic E-state index is 0.872. The Hall–Kier alpha value is -6.78. The Morgan fingerprint density at radius 2 is 0.920 bits per heavy atom. The third-order valence-electron chi connectivity index (χ3n) is 10.2. The first-order valence-corrected chi connectivity index (χ1v) is 16.9. The predicted molar refractivity (Wildman–Crippen MR) is 208 cm³/mol. The summed E-state index contributed by atoms with van der Waals surface area (Å²) >= 11 is 0. The fourth-order valence-electron chi connectivity index (χ4n) is 7.88. The molecule has 0 atom stereocenters. The Morgan fingerprint density at radius 3 is 1.76 bits per heavy atom. The molecule has 0 aliphatic rings. The number of hydrogen-bond acceptors (Lipinski definition) is 3. The maximum Gasteiger partial charge on any atom is 0.143 e. The molecule has 3 heterocycles. The molecular weight excluding hydrogens is 613 g/mol. The third kappa shape index (κ3) is 3.93. The van der Waals surface area contributed by atoms with E-state index in [1.807, 2.05) is 24.3 Å². The molecule has 4 nitrogen and oxygen atoms in total. The van der Waals surface area contributed by atoms with Crippen LogP contribution in [0.3, 0.4) is 0 Å². The molecule has 11 rings (SSSR count). The molecule has 0 saturated heterocycles. The van der Waals surface area contributed by atoms with Crippen LogP contribution in [-0.2, 0) is 0 Å². The molecule has 11 aromatic rings. The molecule has 50 heavy (non-hydrogen) atoms. The van der Waals surface area contributed by atoms with Crippen LogP contribution in [0, 0.1) is 0 Å². The number of anilines is 3. The number of fused-ring (bicyclic) bond motifs is 11. The molecule has 0 fully saturated rings. The largest absolute Gasteiger partial charge is 0.456 e. The fraction of sp³-hybridized carbons (Fsp3) is 0. The van der Waals surface area contributed by atoms with E-state index >= 15 is 0 Å². The number of furan rings is 2. The number of nitrogens with zero attached hydrogens (tertiary/aromatic N) is 2. The van der Waals surface area contributed by atoms with Gasteiger partial charge < -0.3 is 18.3 Å². The molecule has 0 N–H and O–H groups in total. The van der Waals surface area contributed by atoms with Crippen molar-refractivity contribution in [2.24, 2.45) is 0 Å². The van der Waals surface area contributed by atoms with Crippen LogP contribution in [0.1, 0.15) is 0 Å². The van der Waals surface area contributed by atoms with Gasteiger partial charge in [0.05, 0.1) is 11.0 Å². The summed E-state index contributed by atoms with van der Waals surface area (Å²) in [6.45, 7) is 0. The highest BCUT2D eigenvalue weighted by molar-refractivity contribution is 6.16. The van der Waals surface area contributed by atoms with Gasteiger partial charge in [-0.3, -0.25) is 0 Å². The zero-order valence-electron chi connectivity index (χ0n) is 26.9. The van der Waals surface area contributed by atoms with Gasteiger partial charge in [-0.25, -0.2) is 0 Å². The van der Waals surface area contributed by atoms with E-state index < -0.39 is 0 Å². The summed E-state index contributed by atoms with van der Waals surface area (Å²) in [5.41, 5.74) is 10.2. The Morgan fingerprint density at radius 1 is 0.360 bits per heavy atom. The molecule has 0 unspecified atom stereocenters. The number of hydrogen-bond donors (Lipinski definition) is 0. The van der Waals surface area contributed by atoms with Crippen LogP contribution in [0.4, 0.5) is 17.1 Å². The molecule has 0 bridgehead atoms. The fourth-order valence-corrected chi connectivity index (χ4v) is 7.88. The average molecular weight is 641 g/mol. The summed E-state index contributed by atoms with van der Waals surface area (Å²) in [5, 5.41) is 9.10. The average Bonchev–Trinajstić information content (AvgIpc) is 3.85. The second-order valence-electron chi connectivity index (χ2n) is 12.9. The lowest BCUT2D eigenvalue weighted by molar-refractivity contribution is 0.669. The lowest BCUT2D eigenvalue weighted by atomic mass is 10.0. The number of benzene rings is 8. The zero-order chi connectivity index (χ0) is 32.8. The zero-order valence-corrected chi connectivity index (χ0v) is 26.9. The number of rotatable bonds is 4. The van der Waals surface area contributed by atoms with Crippen molar-refractivity contribution in [2.75, 3.05) is 4.90 Å². The number of para-hydroxylation sites is 4. The van der Waals surface area contributed by atoms with Gasteiger partial charge in [-0.15, -0.1) is 0 Å². The van der Waals surface area contributed by atoms with E-state index in [4.69, 9.17) is 8.83 Å². The topological polar surface area (TPSA) is 34.5 Å². The highest BCUT2D eigenvalue weighted by atomic mass is 16.3. The summed E-state index contributed by atoms with van der Waals surface area (Å²) in [4.78, 5) is 2.36. The SMILES string of the molecule is c1ccc(-n2c3ccccc3c3ccc(N(c4ccc5oc6ccccc6c5c4)c4ccc5ccc6c7ccccc7oc6c5c4)cc32)cc1. The normalized spacial score (nSPS) is 12.0. The monoisotopic (exact) mass is 640 g/mol. The predicted octanol–water partition coefficient (Wildman–Crippen LogP) is 13.2. The molecule has 4 heteroatoms. The molecule has 3 aromatic heterocycles. The minimum Gasteiger partial charge on any atom is -0.456 e. The molecule has 0 saturated carbocycles. The highest BCUT2D eigenvalue weighted by Gasteiger charge is 2.20. The first-order chi connectivity index (χ1) is 24.8. The Bertz CT molecular complexity index is 3110. The summed E-state index contributed by atoms with van der Waals surface area (Å²) in [6, 6.07) is 60.2. The molecule has 0 radical (unpaired) electrons. The van der Waals surface area contributed by atoms with Crippen molar-refractivity contribution < 1.29 is 8.83 Å². The van der Waals surface area contributed by atoms with Gasteiger partial charge in [0.25, 0.3) is 0 Å². The van der Waals surface area contributed by atoms with E-state index in [0.29, 0.717) is 0 Å². The van der Waals surface area contributed by atoms with Gasteiger partial charge >= 0.3 is 0 Å². The standard InChI is InChI=1S/C46H28N2O2/c1-2-10-30(11-3-1)48-41-15-7-4-12-34(41)35-24-21-33(28-42(35)48)47(32-22-25-45-40(27-32)37-14-6-8-16-43(37)49-45)31-20-18-29-19-23-38-36-13-5-9-17-44(36)50-46(38)39(29)26-31/h1-28H. The highest BCUT2D eigenvalue weighted by Crippen LogP contribution is 2.43. The maximum atomic E-state index is 6.53. The van der Waals surface area contributed by atoms with Gasteiger partial charge in [0.15, 0.2) is 0 Å². The summed E-state index contributed by atoms with van der Waals surface area (Å²) < 4.78 is 15.2. The molecule has 0 spiro atoms. The van der Waals surface area contributed by atoms with Gasteiger partial charge in [0.1, 0.15) is 22.3 Å². The first-order valence-electron chi connectivity index (χ1n) is 16.9. The molecular formula is C46H28N2O2. The summed E-state index contributed by atoms with van der Waals surface area (Å²) in [7, 11) is 0. The van der Waals surface area contributed by atoms with E-state index in [9.17, 15) is 0 Å². The lowest BCUT2D eigenvalue weighted by Crippen LogP contribution is -2.10. The van der Waals surface area contributed by atoms with Crippen LogP contribution in [0.5, 0.6) is 0 Å². The third-order valence-corrected chi connectivity index (χ3v) is 10.2. The Labute approximate surface area is 286 Å². The first kappa shape index (κ1) is 27.2. The van der Waals surface area contributed by atoms with Crippen molar-refractivity contribution in [3.05, 3.63) is 170 Å². The Balaban J connectivity index is 1.20. The van der Waals surface area contributed by atoms with Crippen molar-refractivity contribution >= 4 is 93.5 Å². The molecule has 234 valence electrons. The lowest BCUT2D eigenvalue weighted by Gasteiger charge is -2.26. The van der Waals surface area contributed by atoms with E-state index in [1.165, 1.54) is 16.3 Å². The Kier molecular flexibility index (Phi) is 5.63. The molecule has 0 aliphatic heterocycles. The summed E-state index contributed by atoms with van der Waals surface area (Å²) in [6.07, 6.45) is 0. The van der Waals surface area contributed by atoms with Crippen LogP contribution in [0.25, 0.3) is 82.1 Å². The van der Waals surface area contributed by atoms with Gasteiger partial charge in [-0.05, 0) is 84.2 Å². The smallest absolute Gasteiger partial charge is 0.143 e. The van der Waals surface area contributed by atoms with Gasteiger partial charge in [-0.2, -0.15) is 0 Å². The quantitative estimate of drug-likeness (QED) is 0.192. The van der Waals surface area contributed by atoms with Gasteiger partial charge in [0.2, 0.25) is 0 Å². The van der Waals surface area contributed by atoms with Crippen LogP contribution in [0.2, 0.25) is 0 Å². The maximum absolute atomic E-state index is 6.53. The van der Waals surface area contributed by atoms with Crippen molar-refractivity contribution in [3.8, 4) is 5.69 Å².